The van der Waals surface area contributed by atoms with Crippen LogP contribution in [0.2, 0.25) is 0 Å². The maximum absolute atomic E-state index is 14.8. The van der Waals surface area contributed by atoms with E-state index in [-0.39, 0.29) is 47.3 Å². The molecule has 3 aromatic heterocycles. The van der Waals surface area contributed by atoms with E-state index in [1.807, 2.05) is 0 Å². The largest absolute Gasteiger partial charge is 0.485 e. The number of fused-ring (bicyclic) bond motifs is 4. The van der Waals surface area contributed by atoms with Crippen molar-refractivity contribution >= 4 is 33.6 Å². The first-order valence-electron chi connectivity index (χ1n) is 11.3. The fourth-order valence-electron chi connectivity index (χ4n) is 4.35. The number of nitrogens with zero attached hydrogens (tertiary/aromatic N) is 6. The molecule has 192 valence electrons. The van der Waals surface area contributed by atoms with Crippen LogP contribution in [0.5, 0.6) is 11.5 Å². The molecule has 0 aliphatic carbocycles. The number of nitrogens with one attached hydrogen (secondary N) is 1. The van der Waals surface area contributed by atoms with E-state index >= 15 is 0 Å². The SMILES string of the molecule is CN(C[C@H]1COc2cc([N+](=O)[O-])ccc2O1)c1ncc2c3[nH]ncc3c(=O)n(-c3cccc(F)c3F)c2n1. The molecule has 5 aromatic rings. The van der Waals surface area contributed by atoms with Gasteiger partial charge in [0.2, 0.25) is 5.95 Å². The summed E-state index contributed by atoms with van der Waals surface area (Å²) >= 11 is 0. The Bertz CT molecular complexity index is 1810. The molecule has 1 aliphatic rings. The Hall–Kier alpha value is -5.14. The average molecular weight is 521 g/mol. The van der Waals surface area contributed by atoms with Gasteiger partial charge in [-0.05, 0) is 18.2 Å². The Morgan fingerprint density at radius 3 is 2.87 bits per heavy atom. The van der Waals surface area contributed by atoms with Crippen LogP contribution in [0, 0.1) is 21.7 Å². The first-order valence-corrected chi connectivity index (χ1v) is 11.3. The fraction of sp³-hybridized carbons (Fsp3) is 0.167. The Kier molecular flexibility index (Phi) is 5.36. The zero-order chi connectivity index (χ0) is 26.6. The second-order valence-electron chi connectivity index (χ2n) is 8.60. The van der Waals surface area contributed by atoms with Crippen molar-refractivity contribution in [2.45, 2.75) is 6.10 Å². The lowest BCUT2D eigenvalue weighted by Crippen LogP contribution is -2.40. The van der Waals surface area contributed by atoms with Crippen LogP contribution in [-0.2, 0) is 0 Å². The number of benzene rings is 2. The number of non-ortho nitro benzene ring substituents is 1. The van der Waals surface area contributed by atoms with Gasteiger partial charge in [0.1, 0.15) is 6.61 Å². The number of nitro benzene ring substituents is 1. The van der Waals surface area contributed by atoms with Crippen molar-refractivity contribution < 1.29 is 23.2 Å². The summed E-state index contributed by atoms with van der Waals surface area (Å²) in [7, 11) is 1.69. The molecule has 0 unspecified atom stereocenters. The summed E-state index contributed by atoms with van der Waals surface area (Å²) in [4.78, 5) is 34.4. The first kappa shape index (κ1) is 23.3. The lowest BCUT2D eigenvalue weighted by Gasteiger charge is -2.29. The molecule has 6 rings (SSSR count). The number of rotatable bonds is 5. The van der Waals surface area contributed by atoms with E-state index in [4.69, 9.17) is 9.47 Å². The number of anilines is 1. The maximum atomic E-state index is 14.8. The Labute approximate surface area is 211 Å². The number of nitro groups is 1. The second kappa shape index (κ2) is 8.76. The third-order valence-electron chi connectivity index (χ3n) is 6.16. The topological polar surface area (TPSA) is 141 Å². The predicted molar refractivity (Wildman–Crippen MR) is 131 cm³/mol. The molecule has 0 bridgehead atoms. The quantitative estimate of drug-likeness (QED) is 0.273. The minimum atomic E-state index is -1.20. The molecule has 1 atom stereocenters. The molecule has 0 radical (unpaired) electrons. The highest BCUT2D eigenvalue weighted by molar-refractivity contribution is 6.02. The van der Waals surface area contributed by atoms with Gasteiger partial charge in [-0.25, -0.2) is 13.8 Å². The highest BCUT2D eigenvalue weighted by Gasteiger charge is 2.26. The summed E-state index contributed by atoms with van der Waals surface area (Å²) in [5, 5.41) is 18.2. The maximum Gasteiger partial charge on any atom is 0.273 e. The van der Waals surface area contributed by atoms with E-state index in [1.165, 1.54) is 42.7 Å². The number of hydrogen-bond donors (Lipinski definition) is 1. The van der Waals surface area contributed by atoms with Crippen LogP contribution in [0.3, 0.4) is 0 Å². The van der Waals surface area contributed by atoms with Crippen LogP contribution in [0.25, 0.3) is 27.6 Å². The third kappa shape index (κ3) is 3.73. The van der Waals surface area contributed by atoms with Gasteiger partial charge in [0.15, 0.2) is 34.9 Å². The van der Waals surface area contributed by atoms with Gasteiger partial charge in [0, 0.05) is 19.3 Å². The van der Waals surface area contributed by atoms with Crippen LogP contribution < -0.4 is 19.9 Å². The minimum Gasteiger partial charge on any atom is -0.485 e. The van der Waals surface area contributed by atoms with Gasteiger partial charge < -0.3 is 14.4 Å². The molecule has 0 spiro atoms. The van der Waals surface area contributed by atoms with Gasteiger partial charge in [-0.3, -0.25) is 24.6 Å². The summed E-state index contributed by atoms with van der Waals surface area (Å²) in [5.41, 5.74) is -0.633. The van der Waals surface area contributed by atoms with Crippen molar-refractivity contribution in [3.63, 3.8) is 0 Å². The standard InChI is InChI=1S/C24H17F2N7O5/c1-31(10-13-11-37-19-7-12(33(35)36)5-6-18(19)38-13)24-27-8-14-21-15(9-28-30-21)23(34)32(22(14)29-24)17-4-2-3-16(25)20(17)26/h2-9,13H,10-11H2,1H3,(H,28,30)/t13-/m0/s1. The van der Waals surface area contributed by atoms with E-state index in [2.05, 4.69) is 20.2 Å². The number of halogens is 2. The molecule has 1 N–H and O–H groups in total. The van der Waals surface area contributed by atoms with Crippen LogP contribution >= 0.6 is 0 Å². The third-order valence-corrected chi connectivity index (χ3v) is 6.16. The summed E-state index contributed by atoms with van der Waals surface area (Å²) in [6, 6.07) is 7.62. The van der Waals surface area contributed by atoms with Crippen LogP contribution in [-0.4, -0.2) is 56.0 Å². The van der Waals surface area contributed by atoms with Gasteiger partial charge >= 0.3 is 0 Å². The van der Waals surface area contributed by atoms with Crippen molar-refractivity contribution in [1.29, 1.82) is 0 Å². The summed E-state index contributed by atoms with van der Waals surface area (Å²) in [6.45, 7) is 0.354. The lowest BCUT2D eigenvalue weighted by atomic mass is 10.2. The number of ether oxygens (including phenoxy) is 2. The molecule has 0 saturated carbocycles. The summed E-state index contributed by atoms with van der Waals surface area (Å²) in [5.74, 6) is -1.50. The molecule has 38 heavy (non-hydrogen) atoms. The molecule has 0 saturated heterocycles. The molecule has 1 aliphatic heterocycles. The number of hydrogen-bond acceptors (Lipinski definition) is 9. The van der Waals surface area contributed by atoms with Crippen molar-refractivity contribution in [3.8, 4) is 17.2 Å². The van der Waals surface area contributed by atoms with Crippen molar-refractivity contribution in [3.05, 3.63) is 80.9 Å². The molecule has 14 heteroatoms. The predicted octanol–water partition coefficient (Wildman–Crippen LogP) is 3.12. The van der Waals surface area contributed by atoms with E-state index in [9.17, 15) is 23.7 Å². The van der Waals surface area contributed by atoms with Crippen LogP contribution in [0.1, 0.15) is 0 Å². The van der Waals surface area contributed by atoms with Gasteiger partial charge in [0.05, 0.1) is 45.7 Å². The number of H-pyrrole nitrogens is 1. The molecular formula is C24H17F2N7O5. The highest BCUT2D eigenvalue weighted by atomic mass is 19.2. The number of likely N-dealkylation sites (N-methyl/N-ethyl adjacent to an activating group) is 1. The molecular weight excluding hydrogens is 504 g/mol. The van der Waals surface area contributed by atoms with Crippen LogP contribution in [0.15, 0.2) is 53.6 Å². The fourth-order valence-corrected chi connectivity index (χ4v) is 4.35. The Morgan fingerprint density at radius 1 is 1.21 bits per heavy atom. The second-order valence-corrected chi connectivity index (χ2v) is 8.60. The molecule has 0 amide bonds. The van der Waals surface area contributed by atoms with Gasteiger partial charge in [-0.1, -0.05) is 6.07 Å². The Balaban J connectivity index is 1.37. The van der Waals surface area contributed by atoms with Crippen LogP contribution in [0.4, 0.5) is 20.4 Å². The molecule has 4 heterocycles. The van der Waals surface area contributed by atoms with E-state index in [1.54, 1.807) is 11.9 Å². The molecule has 0 fully saturated rings. The number of aromatic amines is 1. The van der Waals surface area contributed by atoms with Crippen molar-refractivity contribution in [1.82, 2.24) is 24.7 Å². The first-order chi connectivity index (χ1) is 18.3. The van der Waals surface area contributed by atoms with Crippen molar-refractivity contribution in [2.24, 2.45) is 0 Å². The lowest BCUT2D eigenvalue weighted by molar-refractivity contribution is -0.385. The monoisotopic (exact) mass is 521 g/mol. The van der Waals surface area contributed by atoms with Gasteiger partial charge in [-0.2, -0.15) is 10.1 Å². The van der Waals surface area contributed by atoms with Crippen molar-refractivity contribution in [2.75, 3.05) is 25.1 Å². The normalized spacial score (nSPS) is 14.7. The number of aromatic nitrogens is 5. The van der Waals surface area contributed by atoms with E-state index < -0.39 is 28.2 Å². The Morgan fingerprint density at radius 2 is 2.05 bits per heavy atom. The van der Waals surface area contributed by atoms with Gasteiger partial charge in [-0.15, -0.1) is 0 Å². The zero-order valence-corrected chi connectivity index (χ0v) is 19.6. The molecule has 12 nitrogen and oxygen atoms in total. The smallest absolute Gasteiger partial charge is 0.273 e. The van der Waals surface area contributed by atoms with E-state index in [0.29, 0.717) is 16.7 Å². The average Bonchev–Trinajstić information content (AvgIpc) is 3.41. The highest BCUT2D eigenvalue weighted by Crippen LogP contribution is 2.35. The van der Waals surface area contributed by atoms with Gasteiger partial charge in [0.25, 0.3) is 11.2 Å². The minimum absolute atomic E-state index is 0.0477. The van der Waals surface area contributed by atoms with E-state index in [0.717, 1.165) is 10.6 Å². The summed E-state index contributed by atoms with van der Waals surface area (Å²) < 4.78 is 41.5. The molecule has 2 aromatic carbocycles. The zero-order valence-electron chi connectivity index (χ0n) is 19.6. The summed E-state index contributed by atoms with van der Waals surface area (Å²) in [6.07, 6.45) is 2.29. The number of pyridine rings is 1.